The lowest BCUT2D eigenvalue weighted by molar-refractivity contribution is -0.146. The van der Waals surface area contributed by atoms with E-state index in [4.69, 9.17) is 37.9 Å². The summed E-state index contributed by atoms with van der Waals surface area (Å²) >= 11 is 0. The van der Waals surface area contributed by atoms with E-state index in [-0.39, 0.29) is 45.4 Å². The molecule has 1 heterocycles. The summed E-state index contributed by atoms with van der Waals surface area (Å²) in [5.41, 5.74) is 0. The number of nitrogens with one attached hydrogen (secondary N) is 3. The number of carboxylic acid groups (broad SMARTS) is 2. The summed E-state index contributed by atoms with van der Waals surface area (Å²) in [6, 6.07) is -3.04. The van der Waals surface area contributed by atoms with Crippen molar-refractivity contribution in [2.45, 2.75) is 153 Å². The first-order valence-corrected chi connectivity index (χ1v) is 25.6. The van der Waals surface area contributed by atoms with Gasteiger partial charge in [-0.15, -0.1) is 0 Å². The van der Waals surface area contributed by atoms with Gasteiger partial charge in [-0.1, -0.05) is 89.9 Å². The molecule has 0 aromatic carbocycles. The van der Waals surface area contributed by atoms with Crippen LogP contribution in [0.25, 0.3) is 0 Å². The SMILES string of the molecule is O=CCCOCCOCCOCCOCCOCCOCCOCCOCCNC(=O)CC[C@H](NC(=O)C1C[C@@H](C(=O)O)NC(=O)CCCCCCCCCCCCCCCCCCC1=O)C(=O)O. The van der Waals surface area contributed by atoms with Gasteiger partial charge in [0.15, 0.2) is 0 Å². The fourth-order valence-electron chi connectivity index (χ4n) is 7.27. The molecule has 1 fully saturated rings. The molecule has 0 saturated carbocycles. The normalized spacial score (nSPS) is 18.3. The highest BCUT2D eigenvalue weighted by Gasteiger charge is 2.35. The van der Waals surface area contributed by atoms with Crippen molar-refractivity contribution in [1.29, 1.82) is 0 Å². The average molecular weight is 990 g/mol. The van der Waals surface area contributed by atoms with E-state index in [0.717, 1.165) is 57.7 Å². The molecular formula is C49H87N3O17. The molecule has 0 bridgehead atoms. The van der Waals surface area contributed by atoms with Gasteiger partial charge < -0.3 is 68.9 Å². The summed E-state index contributed by atoms with van der Waals surface area (Å²) in [5, 5.41) is 27.4. The van der Waals surface area contributed by atoms with Crippen molar-refractivity contribution in [3.63, 3.8) is 0 Å². The molecule has 20 heteroatoms. The third-order valence-corrected chi connectivity index (χ3v) is 11.2. The molecule has 69 heavy (non-hydrogen) atoms. The maximum atomic E-state index is 13.6. The van der Waals surface area contributed by atoms with Crippen LogP contribution >= 0.6 is 0 Å². The lowest BCUT2D eigenvalue weighted by atomic mass is 9.90. The number of hydrogen-bond acceptors (Lipinski definition) is 15. The molecule has 0 aliphatic carbocycles. The largest absolute Gasteiger partial charge is 0.480 e. The molecule has 1 aliphatic heterocycles. The van der Waals surface area contributed by atoms with Crippen molar-refractivity contribution in [2.75, 3.05) is 112 Å². The minimum absolute atomic E-state index is 0.0110. The standard InChI is InChI=1S/C49H87N3O17/c53-23-17-24-62-26-28-64-30-32-66-34-36-68-38-39-69-37-35-67-33-31-65-29-27-63-25-22-50-45(55)21-20-42(48(58)59)52-47(57)41-40-43(49(60)61)51-46(56)19-16-14-12-10-8-6-4-2-1-3-5-7-9-11-13-15-18-44(41)54/h23,41-43H,1-22,24-40H2,(H,50,55)(H,51,56)(H,52,57)(H,58,59)(H,60,61)/t41?,42-,43-/m0/s1. The second-order valence-electron chi connectivity index (χ2n) is 17.0. The number of rotatable bonds is 34. The Bertz CT molecular complexity index is 1340. The Morgan fingerprint density at radius 1 is 0.551 bits per heavy atom. The predicted octanol–water partition coefficient (Wildman–Crippen LogP) is 4.35. The van der Waals surface area contributed by atoms with Crippen molar-refractivity contribution in [2.24, 2.45) is 5.92 Å². The minimum atomic E-state index is -1.52. The Morgan fingerprint density at radius 2 is 0.928 bits per heavy atom. The van der Waals surface area contributed by atoms with E-state index in [2.05, 4.69) is 16.0 Å². The maximum Gasteiger partial charge on any atom is 0.326 e. The third-order valence-electron chi connectivity index (χ3n) is 11.2. The van der Waals surface area contributed by atoms with Gasteiger partial charge >= 0.3 is 11.9 Å². The molecule has 0 aromatic heterocycles. The number of ketones is 1. The molecule has 3 amide bonds. The van der Waals surface area contributed by atoms with Gasteiger partial charge in [0.05, 0.1) is 112 Å². The van der Waals surface area contributed by atoms with E-state index in [9.17, 15) is 43.8 Å². The van der Waals surface area contributed by atoms with Crippen molar-refractivity contribution in [3.05, 3.63) is 0 Å². The first-order valence-electron chi connectivity index (χ1n) is 25.6. The van der Waals surface area contributed by atoms with Crippen LogP contribution in [-0.2, 0) is 71.5 Å². The molecule has 20 nitrogen and oxygen atoms in total. The van der Waals surface area contributed by atoms with Gasteiger partial charge in [0, 0.05) is 32.2 Å². The lowest BCUT2D eigenvalue weighted by Gasteiger charge is -2.23. The van der Waals surface area contributed by atoms with E-state index < -0.39 is 59.9 Å². The van der Waals surface area contributed by atoms with Crippen LogP contribution in [0.15, 0.2) is 0 Å². The number of ether oxygens (including phenoxy) is 8. The molecular weight excluding hydrogens is 903 g/mol. The predicted molar refractivity (Wildman–Crippen MR) is 255 cm³/mol. The molecule has 400 valence electrons. The van der Waals surface area contributed by atoms with Gasteiger partial charge in [-0.3, -0.25) is 19.2 Å². The number of carbonyl (C=O) groups excluding carboxylic acids is 5. The fourth-order valence-corrected chi connectivity index (χ4v) is 7.27. The zero-order chi connectivity index (χ0) is 50.3. The van der Waals surface area contributed by atoms with Crippen LogP contribution < -0.4 is 16.0 Å². The molecule has 0 radical (unpaired) electrons. The Morgan fingerprint density at radius 3 is 1.32 bits per heavy atom. The maximum absolute atomic E-state index is 13.6. The number of amides is 3. The minimum Gasteiger partial charge on any atom is -0.480 e. The number of aliphatic carboxylic acids is 2. The van der Waals surface area contributed by atoms with Crippen LogP contribution in [0.3, 0.4) is 0 Å². The van der Waals surface area contributed by atoms with E-state index >= 15 is 0 Å². The lowest BCUT2D eigenvalue weighted by Crippen LogP contribution is -2.49. The number of carboxylic acids is 2. The molecule has 0 spiro atoms. The molecule has 1 rings (SSSR count). The topological polar surface area (TPSA) is 270 Å². The summed E-state index contributed by atoms with van der Waals surface area (Å²) in [6.07, 6.45) is 16.6. The van der Waals surface area contributed by atoms with Crippen molar-refractivity contribution in [1.82, 2.24) is 16.0 Å². The monoisotopic (exact) mass is 990 g/mol. The van der Waals surface area contributed by atoms with Gasteiger partial charge in [0.25, 0.3) is 0 Å². The second-order valence-corrected chi connectivity index (χ2v) is 17.0. The van der Waals surface area contributed by atoms with E-state index in [1.54, 1.807) is 0 Å². The van der Waals surface area contributed by atoms with Crippen LogP contribution in [-0.4, -0.2) is 176 Å². The highest BCUT2D eigenvalue weighted by Crippen LogP contribution is 2.18. The molecule has 5 N–H and O–H groups in total. The van der Waals surface area contributed by atoms with Crippen LogP contribution in [0.1, 0.15) is 141 Å². The fraction of sp³-hybridized carbons (Fsp3) is 0.857. The molecule has 3 atom stereocenters. The van der Waals surface area contributed by atoms with E-state index in [1.165, 1.54) is 38.5 Å². The van der Waals surface area contributed by atoms with Crippen molar-refractivity contribution < 1.29 is 81.7 Å². The zero-order valence-electron chi connectivity index (χ0n) is 41.4. The highest BCUT2D eigenvalue weighted by atomic mass is 16.6. The van der Waals surface area contributed by atoms with Crippen molar-refractivity contribution >= 4 is 41.7 Å². The van der Waals surface area contributed by atoms with Crippen molar-refractivity contribution in [3.8, 4) is 0 Å². The number of carbonyl (C=O) groups is 7. The number of hydrogen-bond donors (Lipinski definition) is 5. The summed E-state index contributed by atoms with van der Waals surface area (Å²) in [4.78, 5) is 87.0. The van der Waals surface area contributed by atoms with Gasteiger partial charge in [-0.2, -0.15) is 0 Å². The van der Waals surface area contributed by atoms with Crippen LogP contribution in [0.4, 0.5) is 0 Å². The first-order chi connectivity index (χ1) is 33.6. The zero-order valence-corrected chi connectivity index (χ0v) is 41.4. The van der Waals surface area contributed by atoms with Gasteiger partial charge in [0.2, 0.25) is 17.7 Å². The quantitative estimate of drug-likeness (QED) is 0.0341. The molecule has 0 aromatic rings. The summed E-state index contributed by atoms with van der Waals surface area (Å²) in [7, 11) is 0. The smallest absolute Gasteiger partial charge is 0.326 e. The Kier molecular flexibility index (Phi) is 42.9. The Labute approximate surface area is 410 Å². The van der Waals surface area contributed by atoms with E-state index in [0.29, 0.717) is 112 Å². The average Bonchev–Trinajstić information content (AvgIpc) is 3.32. The third kappa shape index (κ3) is 39.7. The first kappa shape index (κ1) is 63.4. The summed E-state index contributed by atoms with van der Waals surface area (Å²) < 4.78 is 43.3. The van der Waals surface area contributed by atoms with Crippen LogP contribution in [0.5, 0.6) is 0 Å². The molecule has 1 unspecified atom stereocenters. The highest BCUT2D eigenvalue weighted by molar-refractivity contribution is 6.03. The number of aldehydes is 1. The Hall–Kier alpha value is -3.63. The van der Waals surface area contributed by atoms with Gasteiger partial charge in [-0.25, -0.2) is 9.59 Å². The van der Waals surface area contributed by atoms with Gasteiger partial charge in [0.1, 0.15) is 24.2 Å². The summed E-state index contributed by atoms with van der Waals surface area (Å²) in [6.45, 7) is 6.43. The number of Topliss-reactive ketones (excluding diaryl/α,β-unsaturated/α-hetero) is 1. The summed E-state index contributed by atoms with van der Waals surface area (Å²) in [5.74, 6) is -6.74. The van der Waals surface area contributed by atoms with Crippen LogP contribution in [0, 0.1) is 5.92 Å². The molecule has 1 aliphatic rings. The second kappa shape index (κ2) is 46.7. The Balaban J connectivity index is 2.31. The molecule has 1 saturated heterocycles. The van der Waals surface area contributed by atoms with E-state index in [1.807, 2.05) is 0 Å². The van der Waals surface area contributed by atoms with Gasteiger partial charge in [-0.05, 0) is 25.7 Å². The van der Waals surface area contributed by atoms with Crippen LogP contribution in [0.2, 0.25) is 0 Å².